The smallest absolute Gasteiger partial charge is 0.259 e. The van der Waals surface area contributed by atoms with E-state index in [1.165, 1.54) is 0 Å². The zero-order valence-electron chi connectivity index (χ0n) is 10.9. The molecule has 3 rings (SSSR count). The molecule has 1 aliphatic rings. The van der Waals surface area contributed by atoms with Gasteiger partial charge in [-0.3, -0.25) is 4.79 Å². The molecule has 0 unspecified atom stereocenters. The molecular weight excluding hydrogens is 313 g/mol. The van der Waals surface area contributed by atoms with E-state index >= 15 is 0 Å². The van der Waals surface area contributed by atoms with Crippen LogP contribution in [0, 0.1) is 0 Å². The second kappa shape index (κ2) is 5.84. The first-order chi connectivity index (χ1) is 10.1. The number of nitrogens with one attached hydrogen (secondary N) is 1. The topological polar surface area (TPSA) is 47.6 Å². The maximum atomic E-state index is 12.4. The molecule has 108 valence electrons. The minimum absolute atomic E-state index is 0.296. The number of para-hydroxylation sites is 1. The Balaban J connectivity index is 1.87. The highest BCUT2D eigenvalue weighted by Crippen LogP contribution is 2.34. The molecule has 0 aliphatic carbocycles. The van der Waals surface area contributed by atoms with Crippen LogP contribution in [-0.4, -0.2) is 19.1 Å². The molecule has 4 nitrogen and oxygen atoms in total. The van der Waals surface area contributed by atoms with Crippen LogP contribution in [0.3, 0.4) is 0 Å². The molecule has 0 bridgehead atoms. The van der Waals surface area contributed by atoms with Crippen LogP contribution in [0.15, 0.2) is 36.4 Å². The molecule has 6 heteroatoms. The molecule has 1 N–H and O–H groups in total. The number of halogens is 2. The Morgan fingerprint density at radius 3 is 2.67 bits per heavy atom. The highest BCUT2D eigenvalue weighted by Gasteiger charge is 2.20. The summed E-state index contributed by atoms with van der Waals surface area (Å²) in [5.41, 5.74) is 0.974. The zero-order chi connectivity index (χ0) is 14.8. The lowest BCUT2D eigenvalue weighted by atomic mass is 10.1. The third-order valence-electron chi connectivity index (χ3n) is 2.99. The fraction of sp³-hybridized carbons (Fsp3) is 0.133. The minimum atomic E-state index is -0.296. The molecule has 2 aromatic rings. The van der Waals surface area contributed by atoms with Gasteiger partial charge in [-0.1, -0.05) is 29.3 Å². The molecule has 0 spiro atoms. The van der Waals surface area contributed by atoms with Gasteiger partial charge in [-0.2, -0.15) is 0 Å². The summed E-state index contributed by atoms with van der Waals surface area (Å²) >= 11 is 11.8. The second-order valence-corrected chi connectivity index (χ2v) is 5.23. The molecule has 0 saturated carbocycles. The van der Waals surface area contributed by atoms with E-state index in [4.69, 9.17) is 32.7 Å². The number of anilines is 1. The van der Waals surface area contributed by atoms with Crippen LogP contribution < -0.4 is 14.8 Å². The zero-order valence-corrected chi connectivity index (χ0v) is 12.4. The first kappa shape index (κ1) is 14.0. The van der Waals surface area contributed by atoms with E-state index in [2.05, 4.69) is 5.32 Å². The second-order valence-electron chi connectivity index (χ2n) is 4.41. The number of fused-ring (bicyclic) bond motifs is 1. The average Bonchev–Trinajstić information content (AvgIpc) is 2.50. The Kier molecular flexibility index (Phi) is 3.90. The summed E-state index contributed by atoms with van der Waals surface area (Å²) in [6.07, 6.45) is 0. The summed E-state index contributed by atoms with van der Waals surface area (Å²) in [5, 5.41) is 3.57. The fourth-order valence-corrected chi connectivity index (χ4v) is 2.32. The van der Waals surface area contributed by atoms with Gasteiger partial charge in [0.1, 0.15) is 13.2 Å². The summed E-state index contributed by atoms with van der Waals surface area (Å²) in [6, 6.07) is 10.1. The summed E-state index contributed by atoms with van der Waals surface area (Å²) in [4.78, 5) is 12.4. The molecule has 21 heavy (non-hydrogen) atoms. The van der Waals surface area contributed by atoms with E-state index in [-0.39, 0.29) is 5.91 Å². The fourth-order valence-electron chi connectivity index (χ4n) is 2.02. The van der Waals surface area contributed by atoms with Gasteiger partial charge in [0.25, 0.3) is 5.91 Å². The summed E-state index contributed by atoms with van der Waals surface area (Å²) < 4.78 is 11.0. The van der Waals surface area contributed by atoms with Crippen LogP contribution in [0.5, 0.6) is 11.5 Å². The Bertz CT molecular complexity index is 703. The molecule has 0 atom stereocenters. The van der Waals surface area contributed by atoms with Crippen LogP contribution in [-0.2, 0) is 0 Å². The van der Waals surface area contributed by atoms with Crippen LogP contribution in [0.25, 0.3) is 0 Å². The first-order valence-corrected chi connectivity index (χ1v) is 7.06. The van der Waals surface area contributed by atoms with Crippen molar-refractivity contribution in [1.82, 2.24) is 0 Å². The molecule has 0 fully saturated rings. The highest BCUT2D eigenvalue weighted by atomic mass is 35.5. The third-order valence-corrected chi connectivity index (χ3v) is 3.73. The third kappa shape index (κ3) is 2.91. The number of ether oxygens (including phenoxy) is 2. The van der Waals surface area contributed by atoms with Gasteiger partial charge in [-0.15, -0.1) is 0 Å². The number of amides is 1. The predicted octanol–water partition coefficient (Wildman–Crippen LogP) is 4.02. The Hall–Kier alpha value is -1.91. The van der Waals surface area contributed by atoms with Crippen LogP contribution in [0.4, 0.5) is 5.69 Å². The van der Waals surface area contributed by atoms with Crippen molar-refractivity contribution in [3.05, 3.63) is 52.0 Å². The number of rotatable bonds is 2. The van der Waals surface area contributed by atoms with Gasteiger partial charge in [0.2, 0.25) is 0 Å². The number of carbonyl (C=O) groups is 1. The number of benzene rings is 2. The maximum absolute atomic E-state index is 12.4. The largest absolute Gasteiger partial charge is 0.486 e. The Morgan fingerprint density at radius 1 is 1.05 bits per heavy atom. The van der Waals surface area contributed by atoms with Crippen molar-refractivity contribution in [3.63, 3.8) is 0 Å². The Labute approximate surface area is 131 Å². The van der Waals surface area contributed by atoms with Crippen molar-refractivity contribution in [2.75, 3.05) is 18.5 Å². The maximum Gasteiger partial charge on any atom is 0.259 e. The summed E-state index contributed by atoms with van der Waals surface area (Å²) in [6.45, 7) is 0.898. The average molecular weight is 324 g/mol. The summed E-state index contributed by atoms with van der Waals surface area (Å²) in [5.74, 6) is 0.736. The standard InChI is InChI=1S/C15H11Cl2NO3/c16-11-5-4-9(8-12(11)17)18-15(19)10-2-1-3-13-14(10)21-7-6-20-13/h1-5,8H,6-7H2,(H,18,19). The van der Waals surface area contributed by atoms with E-state index < -0.39 is 0 Å². The number of carbonyl (C=O) groups excluding carboxylic acids is 1. The van der Waals surface area contributed by atoms with Gasteiger partial charge in [0.05, 0.1) is 15.6 Å². The molecule has 1 amide bonds. The summed E-state index contributed by atoms with van der Waals surface area (Å²) in [7, 11) is 0. The number of hydrogen-bond acceptors (Lipinski definition) is 3. The van der Waals surface area contributed by atoms with Gasteiger partial charge in [0.15, 0.2) is 11.5 Å². The SMILES string of the molecule is O=C(Nc1ccc(Cl)c(Cl)c1)c1cccc2c1OCCO2. The molecule has 1 heterocycles. The van der Waals surface area contributed by atoms with Crippen molar-refractivity contribution in [2.45, 2.75) is 0 Å². The van der Waals surface area contributed by atoms with Crippen LogP contribution in [0.2, 0.25) is 10.0 Å². The lowest BCUT2D eigenvalue weighted by Gasteiger charge is -2.20. The lowest BCUT2D eigenvalue weighted by molar-refractivity contribution is 0.101. The van der Waals surface area contributed by atoms with Gasteiger partial charge in [-0.25, -0.2) is 0 Å². The van der Waals surface area contributed by atoms with Crippen molar-refractivity contribution in [2.24, 2.45) is 0 Å². The van der Waals surface area contributed by atoms with Crippen molar-refractivity contribution < 1.29 is 14.3 Å². The van der Waals surface area contributed by atoms with Gasteiger partial charge >= 0.3 is 0 Å². The van der Waals surface area contributed by atoms with E-state index in [1.54, 1.807) is 36.4 Å². The predicted molar refractivity (Wildman–Crippen MR) is 81.8 cm³/mol. The van der Waals surface area contributed by atoms with Crippen LogP contribution >= 0.6 is 23.2 Å². The highest BCUT2D eigenvalue weighted by molar-refractivity contribution is 6.42. The molecule has 2 aromatic carbocycles. The quantitative estimate of drug-likeness (QED) is 0.908. The Morgan fingerprint density at radius 2 is 1.86 bits per heavy atom. The first-order valence-electron chi connectivity index (χ1n) is 6.30. The van der Waals surface area contributed by atoms with E-state index in [1.807, 2.05) is 0 Å². The van der Waals surface area contributed by atoms with Crippen molar-refractivity contribution in [3.8, 4) is 11.5 Å². The van der Waals surface area contributed by atoms with Crippen molar-refractivity contribution >= 4 is 34.8 Å². The van der Waals surface area contributed by atoms with Gasteiger partial charge in [-0.05, 0) is 30.3 Å². The molecule has 0 saturated heterocycles. The van der Waals surface area contributed by atoms with E-state index in [0.717, 1.165) is 0 Å². The molecule has 0 aromatic heterocycles. The lowest BCUT2D eigenvalue weighted by Crippen LogP contribution is -2.20. The van der Waals surface area contributed by atoms with E-state index in [9.17, 15) is 4.79 Å². The monoisotopic (exact) mass is 323 g/mol. The van der Waals surface area contributed by atoms with Crippen LogP contribution in [0.1, 0.15) is 10.4 Å². The number of hydrogen-bond donors (Lipinski definition) is 1. The molecule has 0 radical (unpaired) electrons. The van der Waals surface area contributed by atoms with E-state index in [0.29, 0.717) is 46.0 Å². The van der Waals surface area contributed by atoms with Gasteiger partial charge < -0.3 is 14.8 Å². The normalized spacial score (nSPS) is 12.9. The molecule has 1 aliphatic heterocycles. The van der Waals surface area contributed by atoms with Gasteiger partial charge in [0, 0.05) is 5.69 Å². The molecular formula is C15H11Cl2NO3. The van der Waals surface area contributed by atoms with Crippen molar-refractivity contribution in [1.29, 1.82) is 0 Å². The minimum Gasteiger partial charge on any atom is -0.486 e.